The van der Waals surface area contributed by atoms with Crippen LogP contribution in [-0.2, 0) is 15.8 Å². The number of carbonyl (C=O) groups is 3. The minimum Gasteiger partial charge on any atom is -0.325 e. The van der Waals surface area contributed by atoms with Crippen molar-refractivity contribution in [3.63, 3.8) is 0 Å². The topological polar surface area (TPSA) is 87.3 Å². The Morgan fingerprint density at radius 2 is 1.37 bits per heavy atom. The van der Waals surface area contributed by atoms with E-state index in [0.29, 0.717) is 28.1 Å². The van der Waals surface area contributed by atoms with E-state index in [1.165, 1.54) is 18.2 Å². The van der Waals surface area contributed by atoms with E-state index in [0.717, 1.165) is 29.0 Å². The Bertz CT molecular complexity index is 1950. The van der Waals surface area contributed by atoms with E-state index in [1.54, 1.807) is 67.6 Å². The van der Waals surface area contributed by atoms with E-state index >= 15 is 0 Å². The summed E-state index contributed by atoms with van der Waals surface area (Å²) in [5.74, 6) is -1.62. The summed E-state index contributed by atoms with van der Waals surface area (Å²) in [5.41, 5.74) is 2.26. The van der Waals surface area contributed by atoms with Crippen molar-refractivity contribution in [2.75, 3.05) is 10.6 Å². The van der Waals surface area contributed by atoms with Gasteiger partial charge >= 0.3 is 6.18 Å². The SMILES string of the molecule is CCC(Sc1cccc(NC(=O)/C(=C\c2ccc(-c3ccccc3)cc2)NC(=O)c2ccccc2)c1)C(=O)Nc1ccccc1C(F)(F)F. The lowest BCUT2D eigenvalue weighted by Gasteiger charge is -2.18. The van der Waals surface area contributed by atoms with Crippen LogP contribution in [0.25, 0.3) is 17.2 Å². The number of nitrogens with one attached hydrogen (secondary N) is 3. The van der Waals surface area contributed by atoms with Gasteiger partial charge in [-0.15, -0.1) is 11.8 Å². The van der Waals surface area contributed by atoms with E-state index in [1.807, 2.05) is 54.6 Å². The molecule has 49 heavy (non-hydrogen) atoms. The van der Waals surface area contributed by atoms with Gasteiger partial charge in [0.1, 0.15) is 5.70 Å². The van der Waals surface area contributed by atoms with Gasteiger partial charge in [-0.05, 0) is 71.7 Å². The number of carbonyl (C=O) groups excluding carboxylic acids is 3. The molecule has 0 aliphatic rings. The number of rotatable bonds is 11. The Hall–Kier alpha value is -5.61. The van der Waals surface area contributed by atoms with Crippen LogP contribution in [0.3, 0.4) is 0 Å². The average Bonchev–Trinajstić information content (AvgIpc) is 3.11. The number of hydrogen-bond donors (Lipinski definition) is 3. The van der Waals surface area contributed by atoms with Crippen LogP contribution in [0.1, 0.15) is 34.8 Å². The summed E-state index contributed by atoms with van der Waals surface area (Å²) in [6.45, 7) is 1.76. The maximum Gasteiger partial charge on any atom is 0.418 e. The molecule has 5 aromatic rings. The Kier molecular flexibility index (Phi) is 11.3. The Balaban J connectivity index is 1.33. The standard InChI is InChI=1S/C39H32F3N3O3S/c1-2-35(38(48)44-33-19-10-9-18-32(33)39(40,41)42)49-31-17-11-16-30(25-31)43-37(47)34(45-36(46)29-14-7-4-8-15-29)24-26-20-22-28(23-21-26)27-12-5-3-6-13-27/h3-25,35H,2H2,1H3,(H,43,47)(H,44,48)(H,45,46)/b34-24+. The van der Waals surface area contributed by atoms with Crippen molar-refractivity contribution in [1.29, 1.82) is 0 Å². The van der Waals surface area contributed by atoms with Gasteiger partial charge in [-0.2, -0.15) is 13.2 Å². The number of hydrogen-bond acceptors (Lipinski definition) is 4. The number of thioether (sulfide) groups is 1. The van der Waals surface area contributed by atoms with Crippen LogP contribution in [-0.4, -0.2) is 23.0 Å². The number of halogens is 3. The third kappa shape index (κ3) is 9.48. The second kappa shape index (κ2) is 16.0. The molecule has 1 unspecified atom stereocenters. The molecule has 0 aliphatic carbocycles. The van der Waals surface area contributed by atoms with Gasteiger partial charge in [0.15, 0.2) is 0 Å². The first kappa shape index (κ1) is 34.7. The smallest absolute Gasteiger partial charge is 0.325 e. The normalized spacial score (nSPS) is 12.1. The van der Waals surface area contributed by atoms with Gasteiger partial charge < -0.3 is 16.0 Å². The van der Waals surface area contributed by atoms with Gasteiger partial charge in [-0.3, -0.25) is 14.4 Å². The first-order chi connectivity index (χ1) is 23.6. The third-order valence-electron chi connectivity index (χ3n) is 7.38. The Morgan fingerprint density at radius 3 is 2.04 bits per heavy atom. The van der Waals surface area contributed by atoms with Crippen molar-refractivity contribution in [3.8, 4) is 11.1 Å². The fourth-order valence-electron chi connectivity index (χ4n) is 4.90. The minimum atomic E-state index is -4.62. The summed E-state index contributed by atoms with van der Waals surface area (Å²) in [4.78, 5) is 40.4. The molecule has 0 radical (unpaired) electrons. The van der Waals surface area contributed by atoms with Gasteiger partial charge in [-0.25, -0.2) is 0 Å². The van der Waals surface area contributed by atoms with Crippen LogP contribution in [0.5, 0.6) is 0 Å². The van der Waals surface area contributed by atoms with Crippen LogP contribution in [0.15, 0.2) is 144 Å². The molecule has 3 N–H and O–H groups in total. The zero-order valence-corrected chi connectivity index (χ0v) is 27.1. The summed E-state index contributed by atoms with van der Waals surface area (Å²) >= 11 is 1.16. The van der Waals surface area contributed by atoms with E-state index in [9.17, 15) is 27.6 Å². The highest BCUT2D eigenvalue weighted by atomic mass is 32.2. The quantitative estimate of drug-likeness (QED) is 0.0960. The molecule has 0 spiro atoms. The second-order valence-corrected chi connectivity index (χ2v) is 12.2. The zero-order valence-electron chi connectivity index (χ0n) is 26.3. The summed E-state index contributed by atoms with van der Waals surface area (Å²) in [7, 11) is 0. The number of amides is 3. The lowest BCUT2D eigenvalue weighted by Crippen LogP contribution is -2.30. The lowest BCUT2D eigenvalue weighted by molar-refractivity contribution is -0.137. The molecule has 0 aromatic heterocycles. The highest BCUT2D eigenvalue weighted by Crippen LogP contribution is 2.35. The molecule has 10 heteroatoms. The van der Waals surface area contributed by atoms with Crippen LogP contribution >= 0.6 is 11.8 Å². The van der Waals surface area contributed by atoms with Crippen LogP contribution in [0.2, 0.25) is 0 Å². The van der Waals surface area contributed by atoms with Crippen molar-refractivity contribution in [2.24, 2.45) is 0 Å². The summed E-state index contributed by atoms with van der Waals surface area (Å²) in [6.07, 6.45) is -2.70. The molecule has 0 fully saturated rings. The molecule has 6 nitrogen and oxygen atoms in total. The largest absolute Gasteiger partial charge is 0.418 e. The highest BCUT2D eigenvalue weighted by Gasteiger charge is 2.34. The van der Waals surface area contributed by atoms with Crippen molar-refractivity contribution < 1.29 is 27.6 Å². The monoisotopic (exact) mass is 679 g/mol. The number of benzene rings is 5. The predicted molar refractivity (Wildman–Crippen MR) is 189 cm³/mol. The Morgan fingerprint density at radius 1 is 0.735 bits per heavy atom. The van der Waals surface area contributed by atoms with E-state index < -0.39 is 34.7 Å². The summed E-state index contributed by atoms with van der Waals surface area (Å²) in [6, 6.07) is 37.5. The summed E-state index contributed by atoms with van der Waals surface area (Å²) in [5, 5.41) is 7.25. The van der Waals surface area contributed by atoms with Gasteiger partial charge in [0.25, 0.3) is 11.8 Å². The fraction of sp³-hybridized carbons (Fsp3) is 0.103. The zero-order chi connectivity index (χ0) is 34.8. The van der Waals surface area contributed by atoms with Gasteiger partial charge in [0.05, 0.1) is 16.5 Å². The molecule has 0 bridgehead atoms. The van der Waals surface area contributed by atoms with E-state index in [2.05, 4.69) is 16.0 Å². The number of alkyl halides is 3. The van der Waals surface area contributed by atoms with Gasteiger partial charge in [0, 0.05) is 16.1 Å². The van der Waals surface area contributed by atoms with Crippen LogP contribution < -0.4 is 16.0 Å². The molecule has 0 saturated heterocycles. The Labute approximate surface area is 286 Å². The molecular formula is C39H32F3N3O3S. The van der Waals surface area contributed by atoms with E-state index in [-0.39, 0.29) is 11.4 Å². The molecule has 0 saturated carbocycles. The van der Waals surface area contributed by atoms with Crippen molar-refractivity contribution in [2.45, 2.75) is 29.7 Å². The number of anilines is 2. The van der Waals surface area contributed by atoms with Crippen molar-refractivity contribution in [1.82, 2.24) is 5.32 Å². The molecule has 248 valence electrons. The van der Waals surface area contributed by atoms with Crippen molar-refractivity contribution >= 4 is 46.9 Å². The molecule has 5 rings (SSSR count). The first-order valence-corrected chi connectivity index (χ1v) is 16.3. The van der Waals surface area contributed by atoms with Gasteiger partial charge in [0.2, 0.25) is 5.91 Å². The average molecular weight is 680 g/mol. The molecule has 5 aromatic carbocycles. The maximum atomic E-state index is 13.6. The van der Waals surface area contributed by atoms with Crippen LogP contribution in [0.4, 0.5) is 24.5 Å². The third-order valence-corrected chi connectivity index (χ3v) is 8.74. The van der Waals surface area contributed by atoms with Gasteiger partial charge in [-0.1, -0.05) is 97.9 Å². The second-order valence-electron chi connectivity index (χ2n) is 10.9. The molecule has 1 atom stereocenters. The first-order valence-electron chi connectivity index (χ1n) is 15.4. The maximum absolute atomic E-state index is 13.6. The molecule has 0 heterocycles. The van der Waals surface area contributed by atoms with Crippen molar-refractivity contribution in [3.05, 3.63) is 156 Å². The fourth-order valence-corrected chi connectivity index (χ4v) is 5.91. The van der Waals surface area contributed by atoms with E-state index in [4.69, 9.17) is 0 Å². The number of para-hydroxylation sites is 1. The highest BCUT2D eigenvalue weighted by molar-refractivity contribution is 8.00. The van der Waals surface area contributed by atoms with Crippen LogP contribution in [0, 0.1) is 0 Å². The molecule has 0 aliphatic heterocycles. The molecular weight excluding hydrogens is 648 g/mol. The lowest BCUT2D eigenvalue weighted by atomic mass is 10.0. The minimum absolute atomic E-state index is 0.00788. The summed E-state index contributed by atoms with van der Waals surface area (Å²) < 4.78 is 40.4. The predicted octanol–water partition coefficient (Wildman–Crippen LogP) is 9.29. The molecule has 3 amide bonds.